The standard InChI is InChI=1S/C16H19N3O4/c1-2-4-13-18-15(23-19-13)6-3-5-14(20)17-12-9-7-11(8-10-12)16(21)22/h7-10H,2-6H2,1H3,(H,17,20)(H,21,22). The first kappa shape index (κ1) is 16.7. The Labute approximate surface area is 133 Å². The molecule has 122 valence electrons. The summed E-state index contributed by atoms with van der Waals surface area (Å²) >= 11 is 0. The number of hydrogen-bond acceptors (Lipinski definition) is 5. The Balaban J connectivity index is 1.75. The zero-order valence-corrected chi connectivity index (χ0v) is 12.9. The molecule has 0 saturated heterocycles. The molecule has 0 aliphatic heterocycles. The second-order valence-electron chi connectivity index (χ2n) is 5.14. The van der Waals surface area contributed by atoms with Crippen molar-refractivity contribution in [3.63, 3.8) is 0 Å². The van der Waals surface area contributed by atoms with Crippen molar-refractivity contribution in [2.24, 2.45) is 0 Å². The Hall–Kier alpha value is -2.70. The summed E-state index contributed by atoms with van der Waals surface area (Å²) < 4.78 is 5.10. The van der Waals surface area contributed by atoms with Gasteiger partial charge < -0.3 is 14.9 Å². The van der Waals surface area contributed by atoms with E-state index in [1.54, 1.807) is 12.1 Å². The maximum Gasteiger partial charge on any atom is 0.335 e. The van der Waals surface area contributed by atoms with Crippen LogP contribution < -0.4 is 5.32 Å². The highest BCUT2D eigenvalue weighted by atomic mass is 16.5. The quantitative estimate of drug-likeness (QED) is 0.775. The number of nitrogens with zero attached hydrogens (tertiary/aromatic N) is 2. The largest absolute Gasteiger partial charge is 0.478 e. The predicted molar refractivity (Wildman–Crippen MR) is 83.3 cm³/mol. The number of rotatable bonds is 8. The molecule has 0 fully saturated rings. The first-order valence-corrected chi connectivity index (χ1v) is 7.53. The Morgan fingerprint density at radius 1 is 1.22 bits per heavy atom. The fraction of sp³-hybridized carbons (Fsp3) is 0.375. The van der Waals surface area contributed by atoms with Crippen molar-refractivity contribution in [3.8, 4) is 0 Å². The molecule has 2 N–H and O–H groups in total. The van der Waals surface area contributed by atoms with Gasteiger partial charge in [0.1, 0.15) is 0 Å². The van der Waals surface area contributed by atoms with E-state index in [0.29, 0.717) is 36.7 Å². The monoisotopic (exact) mass is 317 g/mol. The van der Waals surface area contributed by atoms with Crippen molar-refractivity contribution in [1.29, 1.82) is 0 Å². The first-order valence-electron chi connectivity index (χ1n) is 7.53. The number of aromatic carboxylic acids is 1. The summed E-state index contributed by atoms with van der Waals surface area (Å²) in [7, 11) is 0. The molecular formula is C16H19N3O4. The Bertz CT molecular complexity index is 664. The van der Waals surface area contributed by atoms with Gasteiger partial charge in [-0.1, -0.05) is 12.1 Å². The Morgan fingerprint density at radius 3 is 2.61 bits per heavy atom. The highest BCUT2D eigenvalue weighted by Crippen LogP contribution is 2.11. The normalized spacial score (nSPS) is 10.5. The molecule has 7 heteroatoms. The average Bonchev–Trinajstić information content (AvgIpc) is 2.96. The first-order chi connectivity index (χ1) is 11.1. The van der Waals surface area contributed by atoms with Crippen LogP contribution in [-0.4, -0.2) is 27.1 Å². The Kier molecular flexibility index (Phi) is 5.85. The van der Waals surface area contributed by atoms with Crippen LogP contribution in [0.15, 0.2) is 28.8 Å². The number of amides is 1. The van der Waals surface area contributed by atoms with Gasteiger partial charge in [-0.25, -0.2) is 4.79 Å². The predicted octanol–water partition coefficient (Wildman–Crippen LogP) is 2.68. The second-order valence-corrected chi connectivity index (χ2v) is 5.14. The fourth-order valence-corrected chi connectivity index (χ4v) is 2.04. The highest BCUT2D eigenvalue weighted by Gasteiger charge is 2.08. The van der Waals surface area contributed by atoms with E-state index in [1.807, 2.05) is 6.92 Å². The van der Waals surface area contributed by atoms with Crippen LogP contribution in [0.4, 0.5) is 5.69 Å². The van der Waals surface area contributed by atoms with Gasteiger partial charge in [0.05, 0.1) is 5.56 Å². The minimum Gasteiger partial charge on any atom is -0.478 e. The van der Waals surface area contributed by atoms with Gasteiger partial charge in [0, 0.05) is 24.9 Å². The van der Waals surface area contributed by atoms with Crippen LogP contribution in [0.5, 0.6) is 0 Å². The maximum atomic E-state index is 11.8. The van der Waals surface area contributed by atoms with Crippen molar-refractivity contribution in [1.82, 2.24) is 10.1 Å². The molecule has 0 aliphatic rings. The van der Waals surface area contributed by atoms with Crippen molar-refractivity contribution in [2.75, 3.05) is 5.32 Å². The SMILES string of the molecule is CCCc1noc(CCCC(=O)Nc2ccc(C(=O)O)cc2)n1. The molecule has 0 saturated carbocycles. The summed E-state index contributed by atoms with van der Waals surface area (Å²) in [6.45, 7) is 2.05. The van der Waals surface area contributed by atoms with Crippen molar-refractivity contribution in [3.05, 3.63) is 41.5 Å². The number of nitrogens with one attached hydrogen (secondary N) is 1. The van der Waals surface area contributed by atoms with E-state index in [2.05, 4.69) is 15.5 Å². The number of carboxylic acid groups (broad SMARTS) is 1. The Morgan fingerprint density at radius 2 is 1.96 bits per heavy atom. The molecular weight excluding hydrogens is 298 g/mol. The molecule has 0 unspecified atom stereocenters. The summed E-state index contributed by atoms with van der Waals surface area (Å²) in [6, 6.07) is 6.03. The van der Waals surface area contributed by atoms with Crippen molar-refractivity contribution >= 4 is 17.6 Å². The van der Waals surface area contributed by atoms with E-state index in [4.69, 9.17) is 9.63 Å². The molecule has 2 aromatic rings. The lowest BCUT2D eigenvalue weighted by Gasteiger charge is -2.04. The van der Waals surface area contributed by atoms with E-state index < -0.39 is 5.97 Å². The number of benzene rings is 1. The number of hydrogen-bond donors (Lipinski definition) is 2. The van der Waals surface area contributed by atoms with Gasteiger partial charge in [-0.15, -0.1) is 0 Å². The van der Waals surface area contributed by atoms with Crippen LogP contribution in [0.2, 0.25) is 0 Å². The molecule has 1 aromatic heterocycles. The summed E-state index contributed by atoms with van der Waals surface area (Å²) in [5.74, 6) is 0.115. The molecule has 2 rings (SSSR count). The number of carbonyl (C=O) groups excluding carboxylic acids is 1. The average molecular weight is 317 g/mol. The lowest BCUT2D eigenvalue weighted by molar-refractivity contribution is -0.116. The molecule has 0 atom stereocenters. The van der Waals surface area contributed by atoms with E-state index in [-0.39, 0.29) is 11.5 Å². The summed E-state index contributed by atoms with van der Waals surface area (Å²) in [5.41, 5.74) is 0.755. The third kappa shape index (κ3) is 5.21. The van der Waals surface area contributed by atoms with Gasteiger partial charge in [-0.3, -0.25) is 4.79 Å². The summed E-state index contributed by atoms with van der Waals surface area (Å²) in [5, 5.41) is 15.4. The molecule has 1 heterocycles. The lowest BCUT2D eigenvalue weighted by atomic mass is 10.2. The maximum absolute atomic E-state index is 11.8. The minimum atomic E-state index is -0.995. The lowest BCUT2D eigenvalue weighted by Crippen LogP contribution is -2.11. The molecule has 0 bridgehead atoms. The van der Waals surface area contributed by atoms with Crippen LogP contribution in [0.3, 0.4) is 0 Å². The summed E-state index contributed by atoms with van der Waals surface area (Å²) in [4.78, 5) is 26.8. The zero-order valence-electron chi connectivity index (χ0n) is 12.9. The van der Waals surface area contributed by atoms with Gasteiger partial charge in [0.25, 0.3) is 0 Å². The van der Waals surface area contributed by atoms with E-state index >= 15 is 0 Å². The van der Waals surface area contributed by atoms with Gasteiger partial charge in [-0.2, -0.15) is 4.98 Å². The summed E-state index contributed by atoms with van der Waals surface area (Å²) in [6.07, 6.45) is 3.24. The second kappa shape index (κ2) is 8.07. The fourth-order valence-electron chi connectivity index (χ4n) is 2.04. The smallest absolute Gasteiger partial charge is 0.335 e. The zero-order chi connectivity index (χ0) is 16.7. The molecule has 0 radical (unpaired) electrons. The van der Waals surface area contributed by atoms with Crippen LogP contribution >= 0.6 is 0 Å². The number of aryl methyl sites for hydroxylation is 2. The third-order valence-corrected chi connectivity index (χ3v) is 3.19. The van der Waals surface area contributed by atoms with E-state index in [9.17, 15) is 9.59 Å². The molecule has 1 aromatic carbocycles. The topological polar surface area (TPSA) is 105 Å². The number of anilines is 1. The van der Waals surface area contributed by atoms with Crippen LogP contribution in [0.1, 0.15) is 48.3 Å². The van der Waals surface area contributed by atoms with Crippen LogP contribution in [0.25, 0.3) is 0 Å². The number of carboxylic acids is 1. The number of carbonyl (C=O) groups is 2. The molecule has 0 aliphatic carbocycles. The minimum absolute atomic E-state index is 0.138. The van der Waals surface area contributed by atoms with Gasteiger partial charge in [-0.05, 0) is 37.1 Å². The van der Waals surface area contributed by atoms with Crippen molar-refractivity contribution < 1.29 is 19.2 Å². The number of aromatic nitrogens is 2. The highest BCUT2D eigenvalue weighted by molar-refractivity contribution is 5.92. The van der Waals surface area contributed by atoms with Gasteiger partial charge in [0.15, 0.2) is 5.82 Å². The third-order valence-electron chi connectivity index (χ3n) is 3.19. The van der Waals surface area contributed by atoms with Crippen molar-refractivity contribution in [2.45, 2.75) is 39.0 Å². The van der Waals surface area contributed by atoms with Gasteiger partial charge in [0.2, 0.25) is 11.8 Å². The molecule has 1 amide bonds. The van der Waals surface area contributed by atoms with Crippen LogP contribution in [-0.2, 0) is 17.6 Å². The van der Waals surface area contributed by atoms with E-state index in [1.165, 1.54) is 12.1 Å². The molecule has 7 nitrogen and oxygen atoms in total. The van der Waals surface area contributed by atoms with Gasteiger partial charge >= 0.3 is 5.97 Å². The van der Waals surface area contributed by atoms with E-state index in [0.717, 1.165) is 12.8 Å². The molecule has 23 heavy (non-hydrogen) atoms. The van der Waals surface area contributed by atoms with Crippen LogP contribution in [0, 0.1) is 0 Å². The molecule has 0 spiro atoms.